The Morgan fingerprint density at radius 1 is 1.36 bits per heavy atom. The topological polar surface area (TPSA) is 46.2 Å². The maximum Gasteiger partial charge on any atom is 0.234 e. The minimum Gasteiger partial charge on any atom is -0.348 e. The molecule has 1 rings (SSSR count). The third-order valence-corrected chi connectivity index (χ3v) is 2.59. The number of carbonyl (C=O) groups excluding carboxylic acids is 2. The van der Waals surface area contributed by atoms with Gasteiger partial charge in [0.05, 0.1) is 6.54 Å². The fourth-order valence-corrected chi connectivity index (χ4v) is 1.59. The maximum absolute atomic E-state index is 11.3. The van der Waals surface area contributed by atoms with E-state index in [4.69, 9.17) is 0 Å². The summed E-state index contributed by atoms with van der Waals surface area (Å²) in [5.74, 6) is -0.0417. The van der Waals surface area contributed by atoms with E-state index in [1.54, 1.807) is 0 Å². The molecular formula is C8H13NO2. The average Bonchev–Trinajstić information content (AvgIpc) is 2.29. The van der Waals surface area contributed by atoms with Crippen molar-refractivity contribution < 1.29 is 9.59 Å². The number of ketones is 1. The first-order valence-electron chi connectivity index (χ1n) is 3.99. The summed E-state index contributed by atoms with van der Waals surface area (Å²) < 4.78 is 0. The first-order valence-corrected chi connectivity index (χ1v) is 3.99. The lowest BCUT2D eigenvalue weighted by atomic mass is 9.80. The molecular weight excluding hydrogens is 142 g/mol. The Bertz CT molecular complexity index is 176. The van der Waals surface area contributed by atoms with Gasteiger partial charge in [-0.15, -0.1) is 0 Å². The van der Waals surface area contributed by atoms with Crippen LogP contribution in [0.2, 0.25) is 0 Å². The van der Waals surface area contributed by atoms with Gasteiger partial charge >= 0.3 is 0 Å². The van der Waals surface area contributed by atoms with Gasteiger partial charge in [-0.05, 0) is 12.8 Å². The number of nitrogens with one attached hydrogen (secondary N) is 1. The highest BCUT2D eigenvalue weighted by Gasteiger charge is 2.46. The number of rotatable bonds is 2. The standard InChI is InChI=1S/C8H13NO2/c1-3-8(4-2)6(10)5-9-7(8)11/h3-5H2,1-2H3,(H,9,11). The van der Waals surface area contributed by atoms with Gasteiger partial charge in [-0.3, -0.25) is 9.59 Å². The molecule has 0 atom stereocenters. The molecule has 1 aliphatic rings. The van der Waals surface area contributed by atoms with Crippen molar-refractivity contribution in [1.29, 1.82) is 0 Å². The van der Waals surface area contributed by atoms with Gasteiger partial charge in [-0.2, -0.15) is 0 Å². The molecule has 3 heteroatoms. The highest BCUT2D eigenvalue weighted by molar-refractivity contribution is 6.12. The van der Waals surface area contributed by atoms with Crippen LogP contribution in [0, 0.1) is 5.41 Å². The summed E-state index contributed by atoms with van der Waals surface area (Å²) in [6.07, 6.45) is 1.24. The number of hydrogen-bond donors (Lipinski definition) is 1. The van der Waals surface area contributed by atoms with E-state index in [1.165, 1.54) is 0 Å². The first kappa shape index (κ1) is 8.24. The third kappa shape index (κ3) is 0.951. The molecule has 1 fully saturated rings. The SMILES string of the molecule is CCC1(CC)C(=O)CNC1=O. The molecule has 1 aliphatic heterocycles. The van der Waals surface area contributed by atoms with Crippen LogP contribution in [0.5, 0.6) is 0 Å². The second-order valence-corrected chi connectivity index (χ2v) is 2.90. The molecule has 0 aliphatic carbocycles. The summed E-state index contributed by atoms with van der Waals surface area (Å²) in [7, 11) is 0. The van der Waals surface area contributed by atoms with Gasteiger partial charge in [0.25, 0.3) is 0 Å². The molecule has 0 radical (unpaired) electrons. The zero-order chi connectivity index (χ0) is 8.48. The third-order valence-electron chi connectivity index (χ3n) is 2.59. The zero-order valence-corrected chi connectivity index (χ0v) is 6.94. The monoisotopic (exact) mass is 155 g/mol. The van der Waals surface area contributed by atoms with E-state index in [0.717, 1.165) is 0 Å². The number of carbonyl (C=O) groups is 2. The highest BCUT2D eigenvalue weighted by Crippen LogP contribution is 2.30. The number of Topliss-reactive ketones (excluding diaryl/α,β-unsaturated/α-hetero) is 1. The quantitative estimate of drug-likeness (QED) is 0.590. The van der Waals surface area contributed by atoms with Crippen molar-refractivity contribution in [3.8, 4) is 0 Å². The molecule has 1 heterocycles. The average molecular weight is 155 g/mol. The van der Waals surface area contributed by atoms with Crippen molar-refractivity contribution >= 4 is 11.7 Å². The highest BCUT2D eigenvalue weighted by atomic mass is 16.2. The predicted octanol–water partition coefficient (Wildman–Crippen LogP) is 0.492. The maximum atomic E-state index is 11.3. The molecule has 1 amide bonds. The van der Waals surface area contributed by atoms with Gasteiger partial charge < -0.3 is 5.32 Å². The Kier molecular flexibility index (Phi) is 1.98. The molecule has 62 valence electrons. The van der Waals surface area contributed by atoms with Crippen molar-refractivity contribution in [2.45, 2.75) is 26.7 Å². The van der Waals surface area contributed by atoms with Gasteiger partial charge in [0.15, 0.2) is 5.78 Å². The second kappa shape index (κ2) is 2.64. The molecule has 0 aromatic rings. The molecule has 1 saturated heterocycles. The molecule has 0 aromatic heterocycles. The Hall–Kier alpha value is -0.860. The first-order chi connectivity index (χ1) is 5.17. The van der Waals surface area contributed by atoms with E-state index in [2.05, 4.69) is 5.32 Å². The van der Waals surface area contributed by atoms with E-state index >= 15 is 0 Å². The lowest BCUT2D eigenvalue weighted by molar-refractivity contribution is -0.135. The summed E-state index contributed by atoms with van der Waals surface area (Å²) in [5, 5.41) is 2.57. The minimum absolute atomic E-state index is 0.0486. The Balaban J connectivity index is 2.94. The van der Waals surface area contributed by atoms with E-state index in [0.29, 0.717) is 12.8 Å². The lowest BCUT2D eigenvalue weighted by Gasteiger charge is -2.19. The molecule has 3 nitrogen and oxygen atoms in total. The van der Waals surface area contributed by atoms with Crippen LogP contribution in [0.1, 0.15) is 26.7 Å². The molecule has 0 saturated carbocycles. The summed E-state index contributed by atoms with van der Waals surface area (Å²) in [4.78, 5) is 22.5. The molecule has 0 spiro atoms. The van der Waals surface area contributed by atoms with Gasteiger partial charge in [-0.25, -0.2) is 0 Å². The van der Waals surface area contributed by atoms with Gasteiger partial charge in [0.1, 0.15) is 5.41 Å². The Morgan fingerprint density at radius 3 is 2.09 bits per heavy atom. The van der Waals surface area contributed by atoms with Crippen LogP contribution >= 0.6 is 0 Å². The van der Waals surface area contributed by atoms with Crippen LogP contribution in [0.25, 0.3) is 0 Å². The van der Waals surface area contributed by atoms with E-state index < -0.39 is 5.41 Å². The van der Waals surface area contributed by atoms with Crippen LogP contribution in [0.15, 0.2) is 0 Å². The van der Waals surface area contributed by atoms with Crippen molar-refractivity contribution in [1.82, 2.24) is 5.32 Å². The summed E-state index contributed by atoms with van der Waals surface area (Å²) >= 11 is 0. The number of hydrogen-bond acceptors (Lipinski definition) is 2. The summed E-state index contributed by atoms with van der Waals surface area (Å²) in [6.45, 7) is 3.99. The fourth-order valence-electron chi connectivity index (χ4n) is 1.59. The van der Waals surface area contributed by atoms with Crippen molar-refractivity contribution in [2.24, 2.45) is 5.41 Å². The van der Waals surface area contributed by atoms with E-state index in [-0.39, 0.29) is 18.2 Å². The molecule has 0 bridgehead atoms. The second-order valence-electron chi connectivity index (χ2n) is 2.90. The van der Waals surface area contributed by atoms with Crippen LogP contribution < -0.4 is 5.32 Å². The molecule has 11 heavy (non-hydrogen) atoms. The molecule has 0 aromatic carbocycles. The summed E-state index contributed by atoms with van der Waals surface area (Å²) in [5.41, 5.74) is -0.694. The van der Waals surface area contributed by atoms with E-state index in [9.17, 15) is 9.59 Å². The zero-order valence-electron chi connectivity index (χ0n) is 6.94. The van der Waals surface area contributed by atoms with Crippen molar-refractivity contribution in [2.75, 3.05) is 6.54 Å². The van der Waals surface area contributed by atoms with Crippen molar-refractivity contribution in [3.63, 3.8) is 0 Å². The molecule has 1 N–H and O–H groups in total. The van der Waals surface area contributed by atoms with Gasteiger partial charge in [0.2, 0.25) is 5.91 Å². The Labute approximate surface area is 66.2 Å². The lowest BCUT2D eigenvalue weighted by Crippen LogP contribution is -2.33. The molecule has 0 unspecified atom stereocenters. The number of amides is 1. The normalized spacial score (nSPS) is 22.0. The largest absolute Gasteiger partial charge is 0.348 e. The van der Waals surface area contributed by atoms with Gasteiger partial charge in [0, 0.05) is 0 Å². The summed E-state index contributed by atoms with van der Waals surface area (Å²) in [6, 6.07) is 0. The van der Waals surface area contributed by atoms with Crippen LogP contribution in [0.3, 0.4) is 0 Å². The fraction of sp³-hybridized carbons (Fsp3) is 0.750. The van der Waals surface area contributed by atoms with Crippen LogP contribution in [-0.2, 0) is 9.59 Å². The Morgan fingerprint density at radius 2 is 1.91 bits per heavy atom. The van der Waals surface area contributed by atoms with Crippen LogP contribution in [0.4, 0.5) is 0 Å². The predicted molar refractivity (Wildman–Crippen MR) is 41.0 cm³/mol. The smallest absolute Gasteiger partial charge is 0.234 e. The van der Waals surface area contributed by atoms with Crippen LogP contribution in [-0.4, -0.2) is 18.2 Å². The minimum atomic E-state index is -0.694. The van der Waals surface area contributed by atoms with Crippen molar-refractivity contribution in [3.05, 3.63) is 0 Å². The van der Waals surface area contributed by atoms with E-state index in [1.807, 2.05) is 13.8 Å². The van der Waals surface area contributed by atoms with Gasteiger partial charge in [-0.1, -0.05) is 13.8 Å².